The molecule has 0 aliphatic heterocycles. The first-order valence-corrected chi connectivity index (χ1v) is 5.87. The van der Waals surface area contributed by atoms with Crippen LogP contribution >= 0.6 is 0 Å². The molecule has 2 atom stereocenters. The standard InChI is InChI=1S/C12H22N2/c1-10(8-9-13)14-11(2)12-6-4-3-5-7-12/h10-12,14H,3-8H2,1-2H3/t10?,11-/m1/s1. The molecule has 1 aliphatic rings. The van der Waals surface area contributed by atoms with Crippen molar-refractivity contribution in [2.24, 2.45) is 5.92 Å². The van der Waals surface area contributed by atoms with Crippen LogP contribution in [0.1, 0.15) is 52.4 Å². The highest BCUT2D eigenvalue weighted by atomic mass is 14.9. The van der Waals surface area contributed by atoms with Gasteiger partial charge in [-0.05, 0) is 32.6 Å². The first-order chi connectivity index (χ1) is 6.74. The molecule has 0 aromatic rings. The van der Waals surface area contributed by atoms with E-state index in [2.05, 4.69) is 25.2 Å². The van der Waals surface area contributed by atoms with Gasteiger partial charge in [0.25, 0.3) is 0 Å². The van der Waals surface area contributed by atoms with Crippen molar-refractivity contribution in [2.45, 2.75) is 64.5 Å². The lowest BCUT2D eigenvalue weighted by Gasteiger charge is -2.30. The van der Waals surface area contributed by atoms with Gasteiger partial charge in [-0.1, -0.05) is 19.3 Å². The topological polar surface area (TPSA) is 35.8 Å². The summed E-state index contributed by atoms with van der Waals surface area (Å²) in [7, 11) is 0. The number of rotatable bonds is 4. The Morgan fingerprint density at radius 2 is 1.93 bits per heavy atom. The normalized spacial score (nSPS) is 22.6. The summed E-state index contributed by atoms with van der Waals surface area (Å²) in [5.41, 5.74) is 0. The second-order valence-corrected chi connectivity index (χ2v) is 4.62. The molecule has 1 unspecified atom stereocenters. The predicted molar refractivity (Wildman–Crippen MR) is 58.9 cm³/mol. The van der Waals surface area contributed by atoms with E-state index in [4.69, 9.17) is 5.26 Å². The van der Waals surface area contributed by atoms with E-state index in [0.29, 0.717) is 18.5 Å². The molecule has 1 rings (SSSR count). The molecule has 2 nitrogen and oxygen atoms in total. The molecular weight excluding hydrogens is 172 g/mol. The molecule has 1 N–H and O–H groups in total. The van der Waals surface area contributed by atoms with Crippen LogP contribution in [0.2, 0.25) is 0 Å². The minimum Gasteiger partial charge on any atom is -0.310 e. The Balaban J connectivity index is 2.25. The molecule has 0 radical (unpaired) electrons. The van der Waals surface area contributed by atoms with Gasteiger partial charge in [0.2, 0.25) is 0 Å². The largest absolute Gasteiger partial charge is 0.310 e. The summed E-state index contributed by atoms with van der Waals surface area (Å²) in [6.07, 6.45) is 7.56. The van der Waals surface area contributed by atoms with E-state index in [-0.39, 0.29) is 0 Å². The van der Waals surface area contributed by atoms with Crippen LogP contribution in [0.5, 0.6) is 0 Å². The smallest absolute Gasteiger partial charge is 0.0638 e. The van der Waals surface area contributed by atoms with Crippen molar-refractivity contribution in [1.82, 2.24) is 5.32 Å². The number of nitrogens with one attached hydrogen (secondary N) is 1. The molecule has 14 heavy (non-hydrogen) atoms. The molecule has 0 amide bonds. The fourth-order valence-electron chi connectivity index (χ4n) is 2.41. The van der Waals surface area contributed by atoms with Crippen molar-refractivity contribution in [1.29, 1.82) is 5.26 Å². The Kier molecular flexibility index (Phi) is 4.97. The van der Waals surface area contributed by atoms with Gasteiger partial charge in [-0.25, -0.2) is 0 Å². The van der Waals surface area contributed by atoms with Crippen molar-refractivity contribution in [3.05, 3.63) is 0 Å². The Morgan fingerprint density at radius 3 is 2.50 bits per heavy atom. The molecule has 1 aliphatic carbocycles. The van der Waals surface area contributed by atoms with Crippen molar-refractivity contribution in [2.75, 3.05) is 0 Å². The molecule has 0 saturated heterocycles. The molecule has 0 heterocycles. The molecule has 1 fully saturated rings. The SMILES string of the molecule is CC(CC#N)N[C@H](C)C1CCCCC1. The van der Waals surface area contributed by atoms with Crippen LogP contribution in [-0.2, 0) is 0 Å². The first kappa shape index (κ1) is 11.5. The molecule has 0 bridgehead atoms. The summed E-state index contributed by atoms with van der Waals surface area (Å²) in [5, 5.41) is 12.1. The molecule has 0 aromatic heterocycles. The Hall–Kier alpha value is -0.550. The van der Waals surface area contributed by atoms with Gasteiger partial charge >= 0.3 is 0 Å². The number of hydrogen-bond acceptors (Lipinski definition) is 2. The van der Waals surface area contributed by atoms with Crippen LogP contribution in [0, 0.1) is 17.2 Å². The summed E-state index contributed by atoms with van der Waals surface area (Å²) >= 11 is 0. The minimum absolute atomic E-state index is 0.344. The van der Waals surface area contributed by atoms with E-state index in [1.807, 2.05) is 0 Å². The molecule has 0 aromatic carbocycles. The zero-order valence-electron chi connectivity index (χ0n) is 9.42. The van der Waals surface area contributed by atoms with Crippen LogP contribution in [-0.4, -0.2) is 12.1 Å². The molecule has 2 heteroatoms. The van der Waals surface area contributed by atoms with Crippen LogP contribution in [0.15, 0.2) is 0 Å². The fraction of sp³-hybridized carbons (Fsp3) is 0.917. The average Bonchev–Trinajstić information content (AvgIpc) is 2.19. The lowest BCUT2D eigenvalue weighted by atomic mass is 9.84. The van der Waals surface area contributed by atoms with E-state index in [9.17, 15) is 0 Å². The molecule has 1 saturated carbocycles. The predicted octanol–water partition coefficient (Wildman–Crippen LogP) is 2.85. The van der Waals surface area contributed by atoms with Crippen molar-refractivity contribution >= 4 is 0 Å². The second kappa shape index (κ2) is 6.03. The Morgan fingerprint density at radius 1 is 1.29 bits per heavy atom. The number of hydrogen-bond donors (Lipinski definition) is 1. The average molecular weight is 194 g/mol. The number of nitrogens with zero attached hydrogens (tertiary/aromatic N) is 1. The van der Waals surface area contributed by atoms with Gasteiger partial charge in [-0.3, -0.25) is 0 Å². The summed E-state index contributed by atoms with van der Waals surface area (Å²) in [4.78, 5) is 0. The zero-order valence-corrected chi connectivity index (χ0v) is 9.42. The van der Waals surface area contributed by atoms with Gasteiger partial charge in [-0.2, -0.15) is 5.26 Å². The quantitative estimate of drug-likeness (QED) is 0.747. The van der Waals surface area contributed by atoms with Crippen LogP contribution in [0.3, 0.4) is 0 Å². The third-order valence-electron chi connectivity index (χ3n) is 3.30. The van der Waals surface area contributed by atoms with Gasteiger partial charge in [-0.15, -0.1) is 0 Å². The van der Waals surface area contributed by atoms with E-state index in [0.717, 1.165) is 5.92 Å². The van der Waals surface area contributed by atoms with E-state index < -0.39 is 0 Å². The first-order valence-electron chi connectivity index (χ1n) is 5.87. The maximum absolute atomic E-state index is 8.57. The van der Waals surface area contributed by atoms with Gasteiger partial charge in [0.05, 0.1) is 12.5 Å². The van der Waals surface area contributed by atoms with Crippen molar-refractivity contribution < 1.29 is 0 Å². The highest BCUT2D eigenvalue weighted by molar-refractivity contribution is 4.82. The van der Waals surface area contributed by atoms with Crippen molar-refractivity contribution in [3.8, 4) is 6.07 Å². The second-order valence-electron chi connectivity index (χ2n) is 4.62. The van der Waals surface area contributed by atoms with Crippen LogP contribution in [0.25, 0.3) is 0 Å². The lowest BCUT2D eigenvalue weighted by Crippen LogP contribution is -2.40. The van der Waals surface area contributed by atoms with Gasteiger partial charge in [0, 0.05) is 12.1 Å². The maximum atomic E-state index is 8.57. The number of nitriles is 1. The highest BCUT2D eigenvalue weighted by Crippen LogP contribution is 2.26. The fourth-order valence-corrected chi connectivity index (χ4v) is 2.41. The monoisotopic (exact) mass is 194 g/mol. The maximum Gasteiger partial charge on any atom is 0.0638 e. The Labute approximate surface area is 87.7 Å². The minimum atomic E-state index is 0.344. The molecule has 80 valence electrons. The lowest BCUT2D eigenvalue weighted by molar-refractivity contribution is 0.268. The summed E-state index contributed by atoms with van der Waals surface area (Å²) < 4.78 is 0. The summed E-state index contributed by atoms with van der Waals surface area (Å²) in [6, 6.07) is 3.14. The third kappa shape index (κ3) is 3.67. The molecular formula is C12H22N2. The van der Waals surface area contributed by atoms with Gasteiger partial charge in [0.1, 0.15) is 0 Å². The highest BCUT2D eigenvalue weighted by Gasteiger charge is 2.20. The summed E-state index contributed by atoms with van der Waals surface area (Å²) in [5.74, 6) is 0.838. The zero-order chi connectivity index (χ0) is 10.4. The van der Waals surface area contributed by atoms with Crippen molar-refractivity contribution in [3.63, 3.8) is 0 Å². The van der Waals surface area contributed by atoms with Crippen LogP contribution < -0.4 is 5.32 Å². The third-order valence-corrected chi connectivity index (χ3v) is 3.30. The van der Waals surface area contributed by atoms with Gasteiger partial charge < -0.3 is 5.32 Å². The summed E-state index contributed by atoms with van der Waals surface area (Å²) in [6.45, 7) is 4.37. The van der Waals surface area contributed by atoms with Gasteiger partial charge in [0.15, 0.2) is 0 Å². The van der Waals surface area contributed by atoms with E-state index in [1.54, 1.807) is 0 Å². The van der Waals surface area contributed by atoms with E-state index in [1.165, 1.54) is 32.1 Å². The van der Waals surface area contributed by atoms with Crippen LogP contribution in [0.4, 0.5) is 0 Å². The molecule has 0 spiro atoms. The van der Waals surface area contributed by atoms with E-state index >= 15 is 0 Å². The Bertz CT molecular complexity index is 189.